The smallest absolute Gasteiger partial charge is 0.425 e. The van der Waals surface area contributed by atoms with Gasteiger partial charge in [0.05, 0.1) is 6.20 Å². The highest BCUT2D eigenvalue weighted by atomic mass is 27.0. The number of nitrogens with zero attached hydrogens (tertiary/aromatic N) is 2. The van der Waals surface area contributed by atoms with E-state index in [0.717, 1.165) is 29.2 Å². The third-order valence-corrected chi connectivity index (χ3v) is 5.05. The van der Waals surface area contributed by atoms with Crippen LogP contribution < -0.4 is 9.29 Å². The number of carbonyl (C=O) groups is 1. The second-order valence-electron chi connectivity index (χ2n) is 6.47. The molecule has 0 saturated carbocycles. The zero-order valence-electron chi connectivity index (χ0n) is 13.8. The van der Waals surface area contributed by atoms with E-state index in [-0.39, 0.29) is 12.0 Å². The Balaban J connectivity index is 1.50. The summed E-state index contributed by atoms with van der Waals surface area (Å²) in [6, 6.07) is 1.98. The van der Waals surface area contributed by atoms with Gasteiger partial charge in [-0.15, -0.1) is 0 Å². The largest absolute Gasteiger partial charge is 0.488 e. The maximum atomic E-state index is 12.5. The summed E-state index contributed by atoms with van der Waals surface area (Å²) in [5, 5.41) is 0. The summed E-state index contributed by atoms with van der Waals surface area (Å²) in [5.41, 5.74) is 1.12. The summed E-state index contributed by atoms with van der Waals surface area (Å²) in [6.45, 7) is 1.58. The number of alkyl halides is 3. The van der Waals surface area contributed by atoms with Crippen molar-refractivity contribution in [3.05, 3.63) is 17.8 Å². The number of halogens is 3. The van der Waals surface area contributed by atoms with Gasteiger partial charge >= 0.3 is 12.3 Å². The molecule has 0 aliphatic carbocycles. The van der Waals surface area contributed by atoms with Crippen molar-refractivity contribution in [3.63, 3.8) is 0 Å². The van der Waals surface area contributed by atoms with Crippen LogP contribution in [0.1, 0.15) is 25.3 Å². The van der Waals surface area contributed by atoms with Crippen molar-refractivity contribution in [2.75, 3.05) is 13.1 Å². The van der Waals surface area contributed by atoms with Gasteiger partial charge < -0.3 is 14.4 Å². The van der Waals surface area contributed by atoms with Crippen molar-refractivity contribution in [2.45, 2.75) is 44.6 Å². The van der Waals surface area contributed by atoms with E-state index in [4.69, 9.17) is 4.74 Å². The lowest BCUT2D eigenvalue weighted by atomic mass is 9.89. The number of carbonyl (C=O) groups excluding carboxylic acids is 1. The molecule has 1 aromatic heterocycles. The Bertz CT molecular complexity index is 648. The van der Waals surface area contributed by atoms with E-state index in [1.54, 1.807) is 6.20 Å². The molecule has 3 heterocycles. The highest BCUT2D eigenvalue weighted by Crippen LogP contribution is 2.34. The van der Waals surface area contributed by atoms with Crippen molar-refractivity contribution in [1.29, 1.82) is 0 Å². The minimum absolute atomic E-state index is 0.0240. The van der Waals surface area contributed by atoms with E-state index in [9.17, 15) is 18.0 Å². The fourth-order valence-corrected chi connectivity index (χ4v) is 3.48. The van der Waals surface area contributed by atoms with Crippen molar-refractivity contribution >= 4 is 26.9 Å². The van der Waals surface area contributed by atoms with E-state index in [0.29, 0.717) is 25.9 Å². The summed E-state index contributed by atoms with van der Waals surface area (Å²) >= 11 is 2.55. The van der Waals surface area contributed by atoms with Gasteiger partial charge in [0, 0.05) is 19.5 Å². The van der Waals surface area contributed by atoms with Gasteiger partial charge in [-0.2, -0.15) is 13.2 Å². The normalized spacial score (nSPS) is 22.2. The maximum absolute atomic E-state index is 12.5. The second kappa shape index (κ2) is 7.04. The number of hydrogen-bond acceptors (Lipinski definition) is 4. The van der Waals surface area contributed by atoms with Gasteiger partial charge in [-0.1, -0.05) is 10.6 Å². The summed E-state index contributed by atoms with van der Waals surface area (Å²) in [4.78, 5) is 17.4. The predicted molar refractivity (Wildman–Crippen MR) is 84.0 cm³/mol. The van der Waals surface area contributed by atoms with Gasteiger partial charge in [0.2, 0.25) is 16.3 Å². The molecule has 2 aliphatic heterocycles. The molecule has 5 nitrogen and oxygen atoms in total. The Hall–Kier alpha value is -1.46. The number of piperidine rings is 1. The Morgan fingerprint density at radius 2 is 2.12 bits per heavy atom. The molecular formula is C16H18AlF3N2O3. The molecule has 0 aromatic carbocycles. The number of fused-ring (bicyclic) bond motifs is 1. The van der Waals surface area contributed by atoms with Gasteiger partial charge in [-0.25, -0.2) is 4.79 Å². The Kier molecular flexibility index (Phi) is 5.17. The minimum Gasteiger partial charge on any atom is -0.488 e. The van der Waals surface area contributed by atoms with Crippen molar-refractivity contribution < 1.29 is 27.4 Å². The minimum atomic E-state index is -4.54. The van der Waals surface area contributed by atoms with Crippen LogP contribution in [0.25, 0.3) is 0 Å². The fourth-order valence-electron chi connectivity index (χ4n) is 3.20. The highest BCUT2D eigenvalue weighted by molar-refractivity contribution is 6.30. The van der Waals surface area contributed by atoms with Crippen LogP contribution in [0.2, 0.25) is 0 Å². The first-order valence-corrected chi connectivity index (χ1v) is 8.75. The number of ether oxygens (including phenoxy) is 2. The Labute approximate surface area is 151 Å². The Morgan fingerprint density at radius 3 is 2.76 bits per heavy atom. The Morgan fingerprint density at radius 1 is 1.44 bits per heavy atom. The van der Waals surface area contributed by atoms with Crippen molar-refractivity contribution in [2.24, 2.45) is 5.92 Å². The maximum Gasteiger partial charge on any atom is 0.425 e. The number of pyridine rings is 1. The third kappa shape index (κ3) is 4.21. The van der Waals surface area contributed by atoms with Crippen molar-refractivity contribution in [1.82, 2.24) is 9.88 Å². The molecule has 1 fully saturated rings. The summed E-state index contributed by atoms with van der Waals surface area (Å²) in [5.74, 6) is 1.04. The molecular weight excluding hydrogens is 352 g/mol. The summed E-state index contributed by atoms with van der Waals surface area (Å²) < 4.78 is 48.8. The topological polar surface area (TPSA) is 51.7 Å². The summed E-state index contributed by atoms with van der Waals surface area (Å²) in [6.07, 6.45) is -3.67. The molecule has 0 bridgehead atoms. The van der Waals surface area contributed by atoms with Crippen LogP contribution in [0.15, 0.2) is 12.3 Å². The van der Waals surface area contributed by atoms with Gasteiger partial charge in [0.15, 0.2) is 6.10 Å². The molecule has 0 N–H and O–H groups in total. The number of rotatable bonds is 2. The van der Waals surface area contributed by atoms with Crippen LogP contribution >= 0.6 is 0 Å². The molecule has 2 unspecified atom stereocenters. The van der Waals surface area contributed by atoms with E-state index < -0.39 is 18.4 Å². The lowest BCUT2D eigenvalue weighted by Crippen LogP contribution is -2.44. The van der Waals surface area contributed by atoms with Crippen LogP contribution in [-0.2, 0) is 11.2 Å². The molecule has 9 heteroatoms. The van der Waals surface area contributed by atoms with E-state index in [1.165, 1.54) is 4.90 Å². The standard InChI is InChI=1S/C16H18F3N2O3.Al/c1-10(16(17,18)19)23-15(22)21-6-3-11(4-7-21)13-8-12-2-5-20-9-14(12)24-13;/h2,9-11,13H,3-4,6-8H2,1H3;. The average Bonchev–Trinajstić information content (AvgIpc) is 2.97. The zero-order valence-corrected chi connectivity index (χ0v) is 14.9. The molecule has 2 atom stereocenters. The van der Waals surface area contributed by atoms with Crippen LogP contribution in [0.3, 0.4) is 0 Å². The van der Waals surface area contributed by atoms with Gasteiger partial charge in [0.1, 0.15) is 11.9 Å². The average molecular weight is 370 g/mol. The van der Waals surface area contributed by atoms with E-state index in [2.05, 4.69) is 26.0 Å². The summed E-state index contributed by atoms with van der Waals surface area (Å²) in [7, 11) is 0. The number of amides is 1. The number of aromatic nitrogens is 1. The second-order valence-corrected chi connectivity index (χ2v) is 7.06. The quantitative estimate of drug-likeness (QED) is 0.747. The first kappa shape index (κ1) is 18.3. The van der Waals surface area contributed by atoms with Gasteiger partial charge in [-0.05, 0) is 31.2 Å². The third-order valence-electron chi connectivity index (χ3n) is 4.73. The first-order chi connectivity index (χ1) is 11.7. The lowest BCUT2D eigenvalue weighted by molar-refractivity contribution is -0.200. The molecule has 3 rings (SSSR count). The fraction of sp³-hybridized carbons (Fsp3) is 0.625. The molecule has 1 amide bonds. The molecule has 2 radical (unpaired) electrons. The molecule has 1 aromatic rings. The molecule has 0 spiro atoms. The van der Waals surface area contributed by atoms with Crippen LogP contribution in [0, 0.1) is 5.92 Å². The van der Waals surface area contributed by atoms with Crippen LogP contribution in [0.4, 0.5) is 18.0 Å². The monoisotopic (exact) mass is 370 g/mol. The van der Waals surface area contributed by atoms with Gasteiger partial charge in [0.25, 0.3) is 0 Å². The van der Waals surface area contributed by atoms with Crippen LogP contribution in [0.5, 0.6) is 5.75 Å². The zero-order chi connectivity index (χ0) is 18.2. The van der Waals surface area contributed by atoms with Gasteiger partial charge in [-0.3, -0.25) is 4.98 Å². The van der Waals surface area contributed by atoms with E-state index >= 15 is 0 Å². The molecule has 1 saturated heterocycles. The molecule has 25 heavy (non-hydrogen) atoms. The SMILES string of the molecule is CC(OC(=O)N1CCC(C2Cc3c[c]([Al])ncc3O2)CC1)C(F)(F)F. The van der Waals surface area contributed by atoms with Crippen LogP contribution in [-0.4, -0.2) is 63.7 Å². The lowest BCUT2D eigenvalue weighted by Gasteiger charge is -2.34. The first-order valence-electron chi connectivity index (χ1n) is 8.17. The predicted octanol–water partition coefficient (Wildman–Crippen LogP) is 1.98. The molecule has 2 aliphatic rings. The van der Waals surface area contributed by atoms with Crippen molar-refractivity contribution in [3.8, 4) is 5.75 Å². The number of hydrogen-bond donors (Lipinski definition) is 0. The molecule has 134 valence electrons. The van der Waals surface area contributed by atoms with E-state index in [1.807, 2.05) is 6.07 Å². The highest BCUT2D eigenvalue weighted by Gasteiger charge is 2.41. The number of likely N-dealkylation sites (tertiary alicyclic amines) is 1.